The molecule has 2 rings (SSSR count). The molecule has 0 aliphatic carbocycles. The van der Waals surface area contributed by atoms with Crippen molar-refractivity contribution in [2.75, 3.05) is 30.3 Å². The van der Waals surface area contributed by atoms with E-state index in [-0.39, 0.29) is 4.90 Å². The molecule has 0 bridgehead atoms. The Kier molecular flexibility index (Phi) is 3.87. The second kappa shape index (κ2) is 5.06. The molecule has 2 N–H and O–H groups in total. The number of rotatable bonds is 2. The molecule has 0 aromatic heterocycles. The average Bonchev–Trinajstić information content (AvgIpc) is 2.33. The van der Waals surface area contributed by atoms with Gasteiger partial charge in [-0.25, -0.2) is 8.42 Å². The molecule has 0 saturated carbocycles. The second-order valence-corrected chi connectivity index (χ2v) is 7.27. The predicted octanol–water partition coefficient (Wildman–Crippen LogP) is 1.66. The van der Waals surface area contributed by atoms with Gasteiger partial charge in [0.15, 0.2) is 0 Å². The molecule has 1 heterocycles. The van der Waals surface area contributed by atoms with Gasteiger partial charge in [0.1, 0.15) is 0 Å². The van der Waals surface area contributed by atoms with E-state index in [4.69, 9.17) is 17.3 Å². The largest absolute Gasteiger partial charge is 0.397 e. The van der Waals surface area contributed by atoms with Crippen molar-refractivity contribution in [2.24, 2.45) is 0 Å². The second-order valence-electron chi connectivity index (χ2n) is 3.70. The number of nitrogen functional groups attached to an aromatic ring is 1. The maximum absolute atomic E-state index is 12.3. The number of nitrogens with two attached hydrogens (primary N) is 1. The Morgan fingerprint density at radius 3 is 2.53 bits per heavy atom. The van der Waals surface area contributed by atoms with E-state index in [1.807, 2.05) is 0 Å². The maximum Gasteiger partial charge on any atom is 0.243 e. The lowest BCUT2D eigenvalue weighted by Crippen LogP contribution is -2.37. The van der Waals surface area contributed by atoms with E-state index in [9.17, 15) is 8.42 Å². The quantitative estimate of drug-likeness (QED) is 0.842. The van der Waals surface area contributed by atoms with Crippen LogP contribution in [0.25, 0.3) is 0 Å². The number of halogens is 1. The lowest BCUT2D eigenvalue weighted by molar-refractivity contribution is 0.443. The van der Waals surface area contributed by atoms with E-state index in [2.05, 4.69) is 0 Å². The summed E-state index contributed by atoms with van der Waals surface area (Å²) in [4.78, 5) is 0.214. The third-order valence-electron chi connectivity index (χ3n) is 2.58. The first-order valence-corrected chi connectivity index (χ1v) is 8.12. The normalized spacial score (nSPS) is 18.2. The first kappa shape index (κ1) is 13.0. The number of hydrogen-bond acceptors (Lipinski definition) is 4. The van der Waals surface area contributed by atoms with Gasteiger partial charge in [-0.15, -0.1) is 0 Å². The van der Waals surface area contributed by atoms with Crippen LogP contribution < -0.4 is 5.73 Å². The van der Waals surface area contributed by atoms with Gasteiger partial charge in [-0.2, -0.15) is 16.1 Å². The lowest BCUT2D eigenvalue weighted by Gasteiger charge is -2.25. The summed E-state index contributed by atoms with van der Waals surface area (Å²) >= 11 is 7.54. The Morgan fingerprint density at radius 1 is 1.29 bits per heavy atom. The average molecular weight is 293 g/mol. The van der Waals surface area contributed by atoms with Crippen molar-refractivity contribution in [3.63, 3.8) is 0 Å². The minimum atomic E-state index is -3.42. The fraction of sp³-hybridized carbons (Fsp3) is 0.400. The summed E-state index contributed by atoms with van der Waals surface area (Å²) in [6.07, 6.45) is 0. The maximum atomic E-state index is 12.3. The summed E-state index contributed by atoms with van der Waals surface area (Å²) in [5, 5.41) is 0.373. The molecule has 0 atom stereocenters. The highest BCUT2D eigenvalue weighted by Crippen LogP contribution is 2.25. The Labute approximate surface area is 110 Å². The molecule has 0 unspecified atom stereocenters. The van der Waals surface area contributed by atoms with E-state index in [0.29, 0.717) is 23.8 Å². The van der Waals surface area contributed by atoms with E-state index < -0.39 is 10.0 Å². The molecule has 94 valence electrons. The Balaban J connectivity index is 2.33. The molecule has 0 radical (unpaired) electrons. The molecular weight excluding hydrogens is 280 g/mol. The zero-order valence-electron chi connectivity index (χ0n) is 9.10. The Morgan fingerprint density at radius 2 is 1.94 bits per heavy atom. The van der Waals surface area contributed by atoms with Gasteiger partial charge in [0.25, 0.3) is 0 Å². The SMILES string of the molecule is Nc1cc(S(=O)(=O)N2CCSCC2)ccc1Cl. The molecule has 17 heavy (non-hydrogen) atoms. The monoisotopic (exact) mass is 292 g/mol. The van der Waals surface area contributed by atoms with Crippen molar-refractivity contribution in [3.8, 4) is 0 Å². The summed E-state index contributed by atoms with van der Waals surface area (Å²) in [6, 6.07) is 4.43. The van der Waals surface area contributed by atoms with Crippen LogP contribution in [-0.4, -0.2) is 37.3 Å². The van der Waals surface area contributed by atoms with Gasteiger partial charge in [-0.05, 0) is 18.2 Å². The van der Waals surface area contributed by atoms with Crippen LogP contribution >= 0.6 is 23.4 Å². The van der Waals surface area contributed by atoms with E-state index in [1.54, 1.807) is 11.8 Å². The number of thioether (sulfide) groups is 1. The van der Waals surface area contributed by atoms with Crippen molar-refractivity contribution in [1.82, 2.24) is 4.31 Å². The Hall–Kier alpha value is -0.430. The molecule has 0 spiro atoms. The van der Waals surface area contributed by atoms with Crippen molar-refractivity contribution in [3.05, 3.63) is 23.2 Å². The summed E-state index contributed by atoms with van der Waals surface area (Å²) in [6.45, 7) is 1.10. The first-order valence-electron chi connectivity index (χ1n) is 5.15. The summed E-state index contributed by atoms with van der Waals surface area (Å²) < 4.78 is 26.0. The molecular formula is C10H13ClN2O2S2. The zero-order valence-corrected chi connectivity index (χ0v) is 11.5. The van der Waals surface area contributed by atoms with Gasteiger partial charge in [0.2, 0.25) is 10.0 Å². The number of hydrogen-bond donors (Lipinski definition) is 1. The topological polar surface area (TPSA) is 63.4 Å². The molecule has 1 saturated heterocycles. The van der Waals surface area contributed by atoms with Crippen LogP contribution in [0.4, 0.5) is 5.69 Å². The van der Waals surface area contributed by atoms with Gasteiger partial charge in [-0.3, -0.25) is 0 Å². The standard InChI is InChI=1S/C10H13ClN2O2S2/c11-9-2-1-8(7-10(9)12)17(14,15)13-3-5-16-6-4-13/h1-2,7H,3-6,12H2. The van der Waals surface area contributed by atoms with Crippen LogP contribution in [0.15, 0.2) is 23.1 Å². The van der Waals surface area contributed by atoms with Gasteiger partial charge in [0, 0.05) is 24.6 Å². The molecule has 4 nitrogen and oxygen atoms in total. The van der Waals surface area contributed by atoms with Crippen LogP contribution in [0.1, 0.15) is 0 Å². The zero-order chi connectivity index (χ0) is 12.5. The van der Waals surface area contributed by atoms with Crippen LogP contribution in [0, 0.1) is 0 Å². The molecule has 7 heteroatoms. The van der Waals surface area contributed by atoms with Crippen molar-refractivity contribution in [2.45, 2.75) is 4.90 Å². The molecule has 0 amide bonds. The van der Waals surface area contributed by atoms with Crippen molar-refractivity contribution in [1.29, 1.82) is 0 Å². The predicted molar refractivity (Wildman–Crippen MR) is 71.9 cm³/mol. The fourth-order valence-electron chi connectivity index (χ4n) is 1.62. The molecule has 1 aromatic rings. The number of sulfonamides is 1. The fourth-order valence-corrected chi connectivity index (χ4v) is 4.35. The summed E-state index contributed by atoms with van der Waals surface area (Å²) in [5.41, 5.74) is 5.92. The number of nitrogens with zero attached hydrogens (tertiary/aromatic N) is 1. The third kappa shape index (κ3) is 2.70. The highest BCUT2D eigenvalue weighted by Gasteiger charge is 2.26. The van der Waals surface area contributed by atoms with Gasteiger partial charge in [-0.1, -0.05) is 11.6 Å². The minimum absolute atomic E-state index is 0.214. The minimum Gasteiger partial charge on any atom is -0.397 e. The molecule has 1 fully saturated rings. The number of benzene rings is 1. The van der Waals surface area contributed by atoms with Gasteiger partial charge in [0.05, 0.1) is 15.6 Å². The van der Waals surface area contributed by atoms with E-state index >= 15 is 0 Å². The lowest BCUT2D eigenvalue weighted by atomic mass is 10.3. The smallest absolute Gasteiger partial charge is 0.243 e. The van der Waals surface area contributed by atoms with E-state index in [0.717, 1.165) is 11.5 Å². The van der Waals surface area contributed by atoms with Crippen LogP contribution in [0.2, 0.25) is 5.02 Å². The highest BCUT2D eigenvalue weighted by atomic mass is 35.5. The molecule has 1 aromatic carbocycles. The van der Waals surface area contributed by atoms with Crippen LogP contribution in [0.3, 0.4) is 0 Å². The number of anilines is 1. The third-order valence-corrected chi connectivity index (χ3v) is 5.76. The van der Waals surface area contributed by atoms with E-state index in [1.165, 1.54) is 22.5 Å². The van der Waals surface area contributed by atoms with Crippen LogP contribution in [-0.2, 0) is 10.0 Å². The first-order chi connectivity index (χ1) is 8.01. The van der Waals surface area contributed by atoms with Gasteiger partial charge < -0.3 is 5.73 Å². The molecule has 1 aliphatic rings. The van der Waals surface area contributed by atoms with Crippen molar-refractivity contribution >= 4 is 39.1 Å². The Bertz CT molecular complexity index is 513. The molecule has 1 aliphatic heterocycles. The summed E-state index contributed by atoms with van der Waals surface area (Å²) in [5.74, 6) is 1.67. The van der Waals surface area contributed by atoms with Crippen molar-refractivity contribution < 1.29 is 8.42 Å². The summed E-state index contributed by atoms with van der Waals surface area (Å²) in [7, 11) is -3.42. The highest BCUT2D eigenvalue weighted by molar-refractivity contribution is 7.99. The van der Waals surface area contributed by atoms with Crippen LogP contribution in [0.5, 0.6) is 0 Å². The van der Waals surface area contributed by atoms with Gasteiger partial charge >= 0.3 is 0 Å².